The fourth-order valence-electron chi connectivity index (χ4n) is 3.01. The van der Waals surface area contributed by atoms with Crippen molar-refractivity contribution in [3.8, 4) is 0 Å². The van der Waals surface area contributed by atoms with Crippen LogP contribution in [0.25, 0.3) is 0 Å². The van der Waals surface area contributed by atoms with Crippen molar-refractivity contribution in [2.75, 3.05) is 11.4 Å². The van der Waals surface area contributed by atoms with Crippen molar-refractivity contribution >= 4 is 5.69 Å². The Kier molecular flexibility index (Phi) is 5.35. The molecule has 0 spiro atoms. The Balaban J connectivity index is 2.29. The SMILES string of the molecule is CCCC1CCCCN1c1cnc(C(C)C)nc1CO. The van der Waals surface area contributed by atoms with Gasteiger partial charge in [0.15, 0.2) is 0 Å². The Morgan fingerprint density at radius 2 is 2.20 bits per heavy atom. The number of aliphatic hydroxyl groups excluding tert-OH is 1. The van der Waals surface area contributed by atoms with Gasteiger partial charge in [0, 0.05) is 18.5 Å². The predicted molar refractivity (Wildman–Crippen MR) is 81.9 cm³/mol. The number of aromatic nitrogens is 2. The molecular weight excluding hydrogens is 250 g/mol. The first-order valence-corrected chi connectivity index (χ1v) is 7.90. The third kappa shape index (κ3) is 3.29. The third-order valence-corrected chi connectivity index (χ3v) is 4.09. The Morgan fingerprint density at radius 3 is 2.85 bits per heavy atom. The highest BCUT2D eigenvalue weighted by Crippen LogP contribution is 2.29. The van der Waals surface area contributed by atoms with Gasteiger partial charge >= 0.3 is 0 Å². The number of anilines is 1. The van der Waals surface area contributed by atoms with E-state index in [1.165, 1.54) is 32.1 Å². The monoisotopic (exact) mass is 277 g/mol. The van der Waals surface area contributed by atoms with E-state index in [2.05, 4.69) is 35.6 Å². The average molecular weight is 277 g/mol. The number of nitrogens with zero attached hydrogens (tertiary/aromatic N) is 3. The first kappa shape index (κ1) is 15.2. The number of rotatable bonds is 5. The lowest BCUT2D eigenvalue weighted by molar-refractivity contribution is 0.275. The summed E-state index contributed by atoms with van der Waals surface area (Å²) in [5, 5.41) is 9.65. The van der Waals surface area contributed by atoms with Crippen LogP contribution in [0, 0.1) is 0 Å². The Labute approximate surface area is 122 Å². The van der Waals surface area contributed by atoms with Crippen molar-refractivity contribution in [2.45, 2.75) is 71.4 Å². The maximum absolute atomic E-state index is 9.65. The summed E-state index contributed by atoms with van der Waals surface area (Å²) in [5.41, 5.74) is 1.82. The van der Waals surface area contributed by atoms with Crippen LogP contribution in [0.4, 0.5) is 5.69 Å². The zero-order valence-corrected chi connectivity index (χ0v) is 13.0. The molecule has 4 heteroatoms. The summed E-state index contributed by atoms with van der Waals surface area (Å²) in [6.45, 7) is 7.45. The van der Waals surface area contributed by atoms with Crippen LogP contribution >= 0.6 is 0 Å². The van der Waals surface area contributed by atoms with Gasteiger partial charge in [-0.05, 0) is 25.7 Å². The highest BCUT2D eigenvalue weighted by molar-refractivity contribution is 5.50. The second-order valence-corrected chi connectivity index (χ2v) is 6.00. The minimum atomic E-state index is -0.00703. The molecule has 0 radical (unpaired) electrons. The number of hydrogen-bond acceptors (Lipinski definition) is 4. The largest absolute Gasteiger partial charge is 0.390 e. The molecule has 1 aromatic heterocycles. The van der Waals surface area contributed by atoms with Gasteiger partial charge in [-0.2, -0.15) is 0 Å². The molecule has 1 N–H and O–H groups in total. The van der Waals surface area contributed by atoms with Gasteiger partial charge < -0.3 is 10.0 Å². The Hall–Kier alpha value is -1.16. The second-order valence-electron chi connectivity index (χ2n) is 6.00. The molecule has 4 nitrogen and oxygen atoms in total. The summed E-state index contributed by atoms with van der Waals surface area (Å²) in [6, 6.07) is 0.576. The normalized spacial score (nSPS) is 19.6. The van der Waals surface area contributed by atoms with Gasteiger partial charge in [-0.1, -0.05) is 27.2 Å². The fourth-order valence-corrected chi connectivity index (χ4v) is 3.01. The third-order valence-electron chi connectivity index (χ3n) is 4.09. The smallest absolute Gasteiger partial charge is 0.131 e. The zero-order valence-electron chi connectivity index (χ0n) is 13.0. The molecule has 2 rings (SSSR count). The van der Waals surface area contributed by atoms with E-state index in [9.17, 15) is 5.11 Å². The van der Waals surface area contributed by atoms with E-state index in [1.54, 1.807) is 0 Å². The summed E-state index contributed by atoms with van der Waals surface area (Å²) >= 11 is 0. The van der Waals surface area contributed by atoms with Gasteiger partial charge in [-0.25, -0.2) is 9.97 Å². The number of aliphatic hydroxyl groups is 1. The molecule has 1 unspecified atom stereocenters. The minimum Gasteiger partial charge on any atom is -0.390 e. The van der Waals surface area contributed by atoms with Crippen LogP contribution in [-0.2, 0) is 6.61 Å². The van der Waals surface area contributed by atoms with Gasteiger partial charge in [0.1, 0.15) is 5.82 Å². The molecule has 0 bridgehead atoms. The molecule has 0 amide bonds. The van der Waals surface area contributed by atoms with Crippen LogP contribution in [0.1, 0.15) is 70.3 Å². The Bertz CT molecular complexity index is 432. The van der Waals surface area contributed by atoms with Gasteiger partial charge in [0.05, 0.1) is 24.2 Å². The summed E-state index contributed by atoms with van der Waals surface area (Å²) in [4.78, 5) is 11.5. The molecule has 0 aliphatic carbocycles. The van der Waals surface area contributed by atoms with Gasteiger partial charge in [0.25, 0.3) is 0 Å². The van der Waals surface area contributed by atoms with Crippen molar-refractivity contribution in [1.29, 1.82) is 0 Å². The zero-order chi connectivity index (χ0) is 14.5. The van der Waals surface area contributed by atoms with Crippen molar-refractivity contribution in [1.82, 2.24) is 9.97 Å². The summed E-state index contributed by atoms with van der Waals surface area (Å²) in [7, 11) is 0. The van der Waals surface area contributed by atoms with Gasteiger partial charge in [0.2, 0.25) is 0 Å². The first-order chi connectivity index (χ1) is 9.67. The first-order valence-electron chi connectivity index (χ1n) is 7.90. The van der Waals surface area contributed by atoms with Crippen LogP contribution in [0.2, 0.25) is 0 Å². The summed E-state index contributed by atoms with van der Waals surface area (Å²) < 4.78 is 0. The molecule has 1 saturated heterocycles. The highest BCUT2D eigenvalue weighted by Gasteiger charge is 2.24. The van der Waals surface area contributed by atoms with Crippen LogP contribution in [-0.4, -0.2) is 27.7 Å². The summed E-state index contributed by atoms with van der Waals surface area (Å²) in [5.74, 6) is 1.11. The lowest BCUT2D eigenvalue weighted by atomic mass is 9.97. The van der Waals surface area contributed by atoms with Crippen molar-refractivity contribution in [3.05, 3.63) is 17.7 Å². The maximum atomic E-state index is 9.65. The molecule has 1 fully saturated rings. The lowest BCUT2D eigenvalue weighted by Gasteiger charge is -2.38. The summed E-state index contributed by atoms with van der Waals surface area (Å²) in [6.07, 6.45) is 8.08. The molecule has 1 aromatic rings. The molecule has 20 heavy (non-hydrogen) atoms. The van der Waals surface area contributed by atoms with Crippen molar-refractivity contribution in [3.63, 3.8) is 0 Å². The van der Waals surface area contributed by atoms with E-state index < -0.39 is 0 Å². The molecule has 0 saturated carbocycles. The number of hydrogen-bond donors (Lipinski definition) is 1. The van der Waals surface area contributed by atoms with Crippen molar-refractivity contribution < 1.29 is 5.11 Å². The number of piperidine rings is 1. The van der Waals surface area contributed by atoms with Gasteiger partial charge in [-0.3, -0.25) is 0 Å². The van der Waals surface area contributed by atoms with Crippen molar-refractivity contribution in [2.24, 2.45) is 0 Å². The van der Waals surface area contributed by atoms with E-state index in [-0.39, 0.29) is 6.61 Å². The van der Waals surface area contributed by atoms with Crippen LogP contribution < -0.4 is 4.90 Å². The maximum Gasteiger partial charge on any atom is 0.131 e. The molecule has 2 heterocycles. The molecule has 1 aliphatic heterocycles. The average Bonchev–Trinajstić information content (AvgIpc) is 2.47. The van der Waals surface area contributed by atoms with E-state index in [0.717, 1.165) is 23.8 Å². The second kappa shape index (κ2) is 7.02. The van der Waals surface area contributed by atoms with Crippen LogP contribution in [0.5, 0.6) is 0 Å². The highest BCUT2D eigenvalue weighted by atomic mass is 16.3. The molecular formula is C16H27N3O. The fraction of sp³-hybridized carbons (Fsp3) is 0.750. The minimum absolute atomic E-state index is 0.00703. The molecule has 1 atom stereocenters. The topological polar surface area (TPSA) is 49.2 Å². The van der Waals surface area contributed by atoms with Gasteiger partial charge in [-0.15, -0.1) is 0 Å². The van der Waals surface area contributed by atoms with E-state index in [0.29, 0.717) is 12.0 Å². The molecule has 112 valence electrons. The quantitative estimate of drug-likeness (QED) is 0.897. The molecule has 1 aliphatic rings. The van der Waals surface area contributed by atoms with E-state index in [1.807, 2.05) is 6.20 Å². The standard InChI is InChI=1S/C16H27N3O/c1-4-7-13-8-5-6-9-19(13)15-10-17-16(12(2)3)18-14(15)11-20/h10,12-13,20H,4-9,11H2,1-3H3. The predicted octanol–water partition coefficient (Wildman–Crippen LogP) is 3.25. The van der Waals surface area contributed by atoms with Crippen LogP contribution in [0.15, 0.2) is 6.20 Å². The molecule has 0 aromatic carbocycles. The van der Waals surface area contributed by atoms with Crippen LogP contribution in [0.3, 0.4) is 0 Å². The lowest BCUT2D eigenvalue weighted by Crippen LogP contribution is -2.40. The van der Waals surface area contributed by atoms with E-state index >= 15 is 0 Å². The Morgan fingerprint density at radius 1 is 1.40 bits per heavy atom. The van der Waals surface area contributed by atoms with E-state index in [4.69, 9.17) is 0 Å².